The largest absolute Gasteiger partial charge is 0.364 e. The van der Waals surface area contributed by atoms with E-state index in [4.69, 9.17) is 0 Å². The second-order valence-electron chi connectivity index (χ2n) is 4.65. The van der Waals surface area contributed by atoms with Crippen LogP contribution in [0.25, 0.3) is 0 Å². The molecule has 0 aliphatic rings. The van der Waals surface area contributed by atoms with E-state index in [0.29, 0.717) is 12.2 Å². The predicted octanol–water partition coefficient (Wildman–Crippen LogP) is 2.97. The van der Waals surface area contributed by atoms with Gasteiger partial charge in [-0.3, -0.25) is 4.98 Å². The first-order valence-electron chi connectivity index (χ1n) is 6.82. The quantitative estimate of drug-likeness (QED) is 0.877. The second-order valence-corrected chi connectivity index (χ2v) is 4.65. The molecule has 1 N–H and O–H groups in total. The van der Waals surface area contributed by atoms with Gasteiger partial charge in [0.15, 0.2) is 0 Å². The van der Waals surface area contributed by atoms with Crippen molar-refractivity contribution in [1.29, 1.82) is 0 Å². The van der Waals surface area contributed by atoms with Crippen LogP contribution in [0.2, 0.25) is 0 Å². The summed E-state index contributed by atoms with van der Waals surface area (Å²) in [5.74, 6) is -0.193. The van der Waals surface area contributed by atoms with Crippen molar-refractivity contribution in [3.8, 4) is 0 Å². The molecule has 2 rings (SSSR count). The summed E-state index contributed by atoms with van der Waals surface area (Å²) in [5.41, 5.74) is 2.70. The Balaban J connectivity index is 2.12. The molecule has 0 saturated carbocycles. The molecule has 0 spiro atoms. The minimum absolute atomic E-state index is 0.193. The van der Waals surface area contributed by atoms with Crippen LogP contribution in [0.5, 0.6) is 0 Å². The van der Waals surface area contributed by atoms with Gasteiger partial charge in [-0.05, 0) is 37.7 Å². The lowest BCUT2D eigenvalue weighted by atomic mass is 10.2. The van der Waals surface area contributed by atoms with Crippen molar-refractivity contribution < 1.29 is 4.39 Å². The van der Waals surface area contributed by atoms with Gasteiger partial charge in [-0.25, -0.2) is 4.39 Å². The highest BCUT2D eigenvalue weighted by molar-refractivity contribution is 5.47. The fourth-order valence-electron chi connectivity index (χ4n) is 2.13. The summed E-state index contributed by atoms with van der Waals surface area (Å²) in [7, 11) is 1.91. The molecule has 0 unspecified atom stereocenters. The first-order chi connectivity index (χ1) is 9.74. The topological polar surface area (TPSA) is 28.2 Å². The summed E-state index contributed by atoms with van der Waals surface area (Å²) in [5, 5.41) is 3.09. The Bertz CT molecular complexity index is 540. The van der Waals surface area contributed by atoms with Crippen LogP contribution in [0.4, 0.5) is 10.1 Å². The van der Waals surface area contributed by atoms with Crippen molar-refractivity contribution >= 4 is 5.69 Å². The lowest BCUT2D eigenvalue weighted by Gasteiger charge is -2.23. The molecule has 1 heterocycles. The van der Waals surface area contributed by atoms with Gasteiger partial charge < -0.3 is 10.2 Å². The molecule has 20 heavy (non-hydrogen) atoms. The molecule has 0 fully saturated rings. The molecule has 1 aromatic heterocycles. The monoisotopic (exact) mass is 273 g/mol. The van der Waals surface area contributed by atoms with Gasteiger partial charge in [0.2, 0.25) is 0 Å². The Kier molecular flexibility index (Phi) is 5.07. The lowest BCUT2D eigenvalue weighted by molar-refractivity contribution is 0.617. The molecule has 0 bridgehead atoms. The highest BCUT2D eigenvalue weighted by Crippen LogP contribution is 2.20. The Hall–Kier alpha value is -1.94. The normalized spacial score (nSPS) is 10.6. The number of hydrogen-bond acceptors (Lipinski definition) is 3. The molecule has 0 amide bonds. The number of nitrogens with zero attached hydrogens (tertiary/aromatic N) is 2. The van der Waals surface area contributed by atoms with E-state index in [1.54, 1.807) is 12.1 Å². The van der Waals surface area contributed by atoms with Crippen LogP contribution in [0.15, 0.2) is 42.6 Å². The van der Waals surface area contributed by atoms with Crippen LogP contribution >= 0.6 is 0 Å². The summed E-state index contributed by atoms with van der Waals surface area (Å²) < 4.78 is 13.8. The van der Waals surface area contributed by atoms with Crippen LogP contribution in [0.3, 0.4) is 0 Å². The Morgan fingerprint density at radius 1 is 1.20 bits per heavy atom. The van der Waals surface area contributed by atoms with Gasteiger partial charge in [-0.15, -0.1) is 0 Å². The number of para-hydroxylation sites is 1. The smallest absolute Gasteiger partial charge is 0.146 e. The van der Waals surface area contributed by atoms with Crippen molar-refractivity contribution in [3.05, 3.63) is 59.7 Å². The van der Waals surface area contributed by atoms with Crippen molar-refractivity contribution in [2.75, 3.05) is 18.5 Å². The molecular weight excluding hydrogens is 253 g/mol. The van der Waals surface area contributed by atoms with Crippen molar-refractivity contribution in [2.45, 2.75) is 20.0 Å². The summed E-state index contributed by atoms with van der Waals surface area (Å²) in [6, 6.07) is 10.9. The average molecular weight is 273 g/mol. The van der Waals surface area contributed by atoms with Gasteiger partial charge in [0.25, 0.3) is 0 Å². The predicted molar refractivity (Wildman–Crippen MR) is 80.1 cm³/mol. The number of pyridine rings is 1. The van der Waals surface area contributed by atoms with E-state index in [1.807, 2.05) is 43.3 Å². The molecule has 2 aromatic rings. The Morgan fingerprint density at radius 2 is 2.00 bits per heavy atom. The van der Waals surface area contributed by atoms with Crippen molar-refractivity contribution in [1.82, 2.24) is 10.3 Å². The molecule has 0 atom stereocenters. The van der Waals surface area contributed by atoms with Gasteiger partial charge in [0.05, 0.1) is 17.9 Å². The van der Waals surface area contributed by atoms with E-state index in [2.05, 4.69) is 10.3 Å². The highest BCUT2D eigenvalue weighted by Gasteiger charge is 2.10. The lowest BCUT2D eigenvalue weighted by Crippen LogP contribution is -2.23. The molecule has 4 heteroatoms. The van der Waals surface area contributed by atoms with Crippen LogP contribution in [-0.4, -0.2) is 18.6 Å². The minimum Gasteiger partial charge on any atom is -0.364 e. The maximum atomic E-state index is 13.8. The zero-order valence-corrected chi connectivity index (χ0v) is 11.9. The molecule has 3 nitrogen and oxygen atoms in total. The summed E-state index contributed by atoms with van der Waals surface area (Å²) in [6.45, 7) is 4.16. The zero-order valence-electron chi connectivity index (χ0n) is 11.9. The standard InChI is InChI=1S/C16H20FN3/c1-3-20(16-7-5-4-6-15(16)17)12-14-9-8-13(10-18-2)11-19-14/h4-9,11,18H,3,10,12H2,1-2H3. The molecule has 1 aromatic carbocycles. The Morgan fingerprint density at radius 3 is 2.60 bits per heavy atom. The molecule has 0 radical (unpaired) electrons. The first-order valence-corrected chi connectivity index (χ1v) is 6.82. The fraction of sp³-hybridized carbons (Fsp3) is 0.312. The third-order valence-corrected chi connectivity index (χ3v) is 3.19. The second kappa shape index (κ2) is 7.01. The van der Waals surface area contributed by atoms with E-state index in [-0.39, 0.29) is 5.82 Å². The third kappa shape index (κ3) is 3.54. The zero-order chi connectivity index (χ0) is 14.4. The molecule has 106 valence electrons. The molecule has 0 saturated heterocycles. The molecular formula is C16H20FN3. The third-order valence-electron chi connectivity index (χ3n) is 3.19. The van der Waals surface area contributed by atoms with Crippen molar-refractivity contribution in [3.63, 3.8) is 0 Å². The summed E-state index contributed by atoms with van der Waals surface area (Å²) >= 11 is 0. The van der Waals surface area contributed by atoms with E-state index in [1.165, 1.54) is 6.07 Å². The van der Waals surface area contributed by atoms with Gasteiger partial charge in [0, 0.05) is 19.3 Å². The van der Waals surface area contributed by atoms with Gasteiger partial charge in [-0.2, -0.15) is 0 Å². The number of hydrogen-bond donors (Lipinski definition) is 1. The number of aromatic nitrogens is 1. The fourth-order valence-corrected chi connectivity index (χ4v) is 2.13. The van der Waals surface area contributed by atoms with E-state index in [9.17, 15) is 4.39 Å². The van der Waals surface area contributed by atoms with Gasteiger partial charge in [0.1, 0.15) is 5.82 Å². The van der Waals surface area contributed by atoms with Gasteiger partial charge >= 0.3 is 0 Å². The van der Waals surface area contributed by atoms with E-state index >= 15 is 0 Å². The summed E-state index contributed by atoms with van der Waals surface area (Å²) in [4.78, 5) is 6.42. The van der Waals surface area contributed by atoms with Gasteiger partial charge in [-0.1, -0.05) is 18.2 Å². The maximum Gasteiger partial charge on any atom is 0.146 e. The number of benzene rings is 1. The number of halogens is 1. The number of anilines is 1. The first kappa shape index (κ1) is 14.5. The van der Waals surface area contributed by atoms with Crippen molar-refractivity contribution in [2.24, 2.45) is 0 Å². The van der Waals surface area contributed by atoms with E-state index < -0.39 is 0 Å². The highest BCUT2D eigenvalue weighted by atomic mass is 19.1. The average Bonchev–Trinajstić information content (AvgIpc) is 2.48. The Labute approximate surface area is 119 Å². The van der Waals surface area contributed by atoms with Crippen LogP contribution < -0.4 is 10.2 Å². The molecule has 0 aliphatic carbocycles. The number of rotatable bonds is 6. The van der Waals surface area contributed by atoms with Crippen LogP contribution in [0, 0.1) is 5.82 Å². The van der Waals surface area contributed by atoms with E-state index in [0.717, 1.165) is 24.3 Å². The SMILES string of the molecule is CCN(Cc1ccc(CNC)cn1)c1ccccc1F. The van der Waals surface area contributed by atoms with Crippen LogP contribution in [0.1, 0.15) is 18.2 Å². The minimum atomic E-state index is -0.193. The molecule has 0 aliphatic heterocycles. The summed E-state index contributed by atoms with van der Waals surface area (Å²) in [6.07, 6.45) is 1.86. The van der Waals surface area contributed by atoms with Crippen LogP contribution in [-0.2, 0) is 13.1 Å². The number of nitrogens with one attached hydrogen (secondary N) is 1. The maximum absolute atomic E-state index is 13.8.